The quantitative estimate of drug-likeness (QED) is 0.585. The summed E-state index contributed by atoms with van der Waals surface area (Å²) in [5.74, 6) is 0. The van der Waals surface area contributed by atoms with E-state index in [0.29, 0.717) is 6.61 Å². The van der Waals surface area contributed by atoms with E-state index in [4.69, 9.17) is 9.47 Å². The fourth-order valence-corrected chi connectivity index (χ4v) is 0.303. The second kappa shape index (κ2) is 10.8. The first kappa shape index (κ1) is 11.7. The predicted octanol–water partition coefficient (Wildman–Crippen LogP) is 1.69. The van der Waals surface area contributed by atoms with Crippen LogP contribution in [0, 0.1) is 0 Å². The lowest BCUT2D eigenvalue weighted by Crippen LogP contribution is -2.11. The molecule has 2 heteroatoms. The van der Waals surface area contributed by atoms with Crippen LogP contribution in [-0.2, 0) is 9.47 Å². The molecular weight excluding hydrogens is 116 g/mol. The molecular formula is C7H18O2. The van der Waals surface area contributed by atoms with Crippen LogP contribution in [0.5, 0.6) is 0 Å². The third-order valence-electron chi connectivity index (χ3n) is 0.804. The fraction of sp³-hybridized carbons (Fsp3) is 1.00. The van der Waals surface area contributed by atoms with Crippen LogP contribution >= 0.6 is 0 Å². The van der Waals surface area contributed by atoms with Crippen molar-refractivity contribution in [2.75, 3.05) is 20.8 Å². The summed E-state index contributed by atoms with van der Waals surface area (Å²) in [5.41, 5.74) is 0. The van der Waals surface area contributed by atoms with Crippen molar-refractivity contribution in [2.45, 2.75) is 26.9 Å². The summed E-state index contributed by atoms with van der Waals surface area (Å²) in [6, 6.07) is 0. The van der Waals surface area contributed by atoms with Crippen LogP contribution in [0.3, 0.4) is 0 Å². The lowest BCUT2D eigenvalue weighted by atomic mass is 10.4. The zero-order valence-electron chi connectivity index (χ0n) is 7.10. The van der Waals surface area contributed by atoms with E-state index >= 15 is 0 Å². The number of methoxy groups -OCH3 is 2. The standard InChI is InChI=1S/C5H12O2.C2H6/c1-5(7-3)4-6-2;1-2/h5H,4H2,1-3H3;1-2H3/t5-;/m1./s1. The van der Waals surface area contributed by atoms with Gasteiger partial charge in [-0.1, -0.05) is 13.8 Å². The third kappa shape index (κ3) is 11.5. The van der Waals surface area contributed by atoms with Gasteiger partial charge in [0, 0.05) is 14.2 Å². The van der Waals surface area contributed by atoms with Gasteiger partial charge in [0.15, 0.2) is 0 Å². The summed E-state index contributed by atoms with van der Waals surface area (Å²) >= 11 is 0. The largest absolute Gasteiger partial charge is 0.382 e. The van der Waals surface area contributed by atoms with Crippen LogP contribution in [0.15, 0.2) is 0 Å². The maximum Gasteiger partial charge on any atom is 0.0776 e. The number of hydrogen-bond donors (Lipinski definition) is 0. The highest BCUT2D eigenvalue weighted by Crippen LogP contribution is 1.84. The Morgan fingerprint density at radius 1 is 1.22 bits per heavy atom. The van der Waals surface area contributed by atoms with E-state index < -0.39 is 0 Å². The van der Waals surface area contributed by atoms with Crippen molar-refractivity contribution in [1.29, 1.82) is 0 Å². The molecule has 0 bridgehead atoms. The molecule has 0 radical (unpaired) electrons. The van der Waals surface area contributed by atoms with Crippen molar-refractivity contribution in [3.63, 3.8) is 0 Å². The van der Waals surface area contributed by atoms with Gasteiger partial charge in [-0.3, -0.25) is 0 Å². The molecule has 0 heterocycles. The van der Waals surface area contributed by atoms with Crippen LogP contribution < -0.4 is 0 Å². The molecule has 0 N–H and O–H groups in total. The van der Waals surface area contributed by atoms with Gasteiger partial charge in [0.2, 0.25) is 0 Å². The topological polar surface area (TPSA) is 18.5 Å². The zero-order chi connectivity index (χ0) is 7.70. The first-order valence-corrected chi connectivity index (χ1v) is 3.33. The fourth-order valence-electron chi connectivity index (χ4n) is 0.303. The Bertz CT molecular complexity index is 37.9. The van der Waals surface area contributed by atoms with Crippen molar-refractivity contribution in [3.8, 4) is 0 Å². The highest BCUT2D eigenvalue weighted by atomic mass is 16.5. The Morgan fingerprint density at radius 3 is 1.78 bits per heavy atom. The molecule has 0 aliphatic carbocycles. The molecule has 0 rings (SSSR count). The van der Waals surface area contributed by atoms with E-state index in [-0.39, 0.29) is 6.10 Å². The van der Waals surface area contributed by atoms with Crippen molar-refractivity contribution < 1.29 is 9.47 Å². The average molecular weight is 134 g/mol. The summed E-state index contributed by atoms with van der Waals surface area (Å²) in [5, 5.41) is 0. The molecule has 0 amide bonds. The average Bonchev–Trinajstić information content (AvgIpc) is 1.93. The minimum absolute atomic E-state index is 0.227. The van der Waals surface area contributed by atoms with Gasteiger partial charge in [-0.15, -0.1) is 0 Å². The summed E-state index contributed by atoms with van der Waals surface area (Å²) in [6.45, 7) is 6.64. The van der Waals surface area contributed by atoms with Gasteiger partial charge in [0.1, 0.15) is 0 Å². The SMILES string of the molecule is CC.COC[C@@H](C)OC. The van der Waals surface area contributed by atoms with Gasteiger partial charge < -0.3 is 9.47 Å². The van der Waals surface area contributed by atoms with E-state index in [1.165, 1.54) is 0 Å². The molecule has 0 saturated carbocycles. The van der Waals surface area contributed by atoms with Gasteiger partial charge in [-0.05, 0) is 6.92 Å². The summed E-state index contributed by atoms with van der Waals surface area (Å²) in [7, 11) is 3.33. The third-order valence-corrected chi connectivity index (χ3v) is 0.804. The monoisotopic (exact) mass is 134 g/mol. The van der Waals surface area contributed by atoms with E-state index in [1.54, 1.807) is 14.2 Å². The normalized spacial score (nSPS) is 11.7. The van der Waals surface area contributed by atoms with Crippen molar-refractivity contribution in [2.24, 2.45) is 0 Å². The molecule has 0 aromatic heterocycles. The molecule has 0 aliphatic rings. The molecule has 2 nitrogen and oxygen atoms in total. The number of hydrogen-bond acceptors (Lipinski definition) is 2. The van der Waals surface area contributed by atoms with Crippen LogP contribution in [0.2, 0.25) is 0 Å². The van der Waals surface area contributed by atoms with Crippen molar-refractivity contribution in [3.05, 3.63) is 0 Å². The second-order valence-corrected chi connectivity index (χ2v) is 1.50. The maximum atomic E-state index is 4.87. The highest BCUT2D eigenvalue weighted by Gasteiger charge is 1.93. The Kier molecular flexibility index (Phi) is 14.0. The van der Waals surface area contributed by atoms with Crippen molar-refractivity contribution in [1.82, 2.24) is 0 Å². The van der Waals surface area contributed by atoms with E-state index in [9.17, 15) is 0 Å². The van der Waals surface area contributed by atoms with Gasteiger partial charge in [-0.25, -0.2) is 0 Å². The molecule has 0 saturated heterocycles. The summed E-state index contributed by atoms with van der Waals surface area (Å²) in [4.78, 5) is 0. The van der Waals surface area contributed by atoms with E-state index in [1.807, 2.05) is 20.8 Å². The molecule has 58 valence electrons. The predicted molar refractivity (Wildman–Crippen MR) is 39.7 cm³/mol. The Balaban J connectivity index is 0. The summed E-state index contributed by atoms with van der Waals surface area (Å²) in [6.07, 6.45) is 0.227. The van der Waals surface area contributed by atoms with Gasteiger partial charge in [-0.2, -0.15) is 0 Å². The minimum atomic E-state index is 0.227. The summed E-state index contributed by atoms with van der Waals surface area (Å²) < 4.78 is 9.64. The Labute approximate surface area is 58.2 Å². The molecule has 0 aliphatic heterocycles. The second-order valence-electron chi connectivity index (χ2n) is 1.50. The Hall–Kier alpha value is -0.0800. The first-order chi connectivity index (χ1) is 4.31. The molecule has 0 fully saturated rings. The molecule has 1 atom stereocenters. The molecule has 9 heavy (non-hydrogen) atoms. The smallest absolute Gasteiger partial charge is 0.0776 e. The van der Waals surface area contributed by atoms with Crippen LogP contribution in [0.25, 0.3) is 0 Å². The zero-order valence-corrected chi connectivity index (χ0v) is 7.10. The van der Waals surface area contributed by atoms with Gasteiger partial charge >= 0.3 is 0 Å². The van der Waals surface area contributed by atoms with E-state index in [2.05, 4.69) is 0 Å². The number of ether oxygens (including phenoxy) is 2. The molecule has 0 aromatic rings. The van der Waals surface area contributed by atoms with E-state index in [0.717, 1.165) is 0 Å². The maximum absolute atomic E-state index is 4.87. The lowest BCUT2D eigenvalue weighted by Gasteiger charge is -2.05. The van der Waals surface area contributed by atoms with Crippen molar-refractivity contribution >= 4 is 0 Å². The first-order valence-electron chi connectivity index (χ1n) is 3.33. The Morgan fingerprint density at radius 2 is 1.67 bits per heavy atom. The van der Waals surface area contributed by atoms with Crippen LogP contribution in [0.4, 0.5) is 0 Å². The lowest BCUT2D eigenvalue weighted by molar-refractivity contribution is 0.0401. The molecule has 0 unspecified atom stereocenters. The van der Waals surface area contributed by atoms with Crippen LogP contribution in [-0.4, -0.2) is 26.9 Å². The highest BCUT2D eigenvalue weighted by molar-refractivity contribution is 4.41. The molecule has 0 aromatic carbocycles. The minimum Gasteiger partial charge on any atom is -0.382 e. The van der Waals surface area contributed by atoms with Gasteiger partial charge in [0.25, 0.3) is 0 Å². The van der Waals surface area contributed by atoms with Gasteiger partial charge in [0.05, 0.1) is 12.7 Å². The number of rotatable bonds is 3. The molecule has 0 spiro atoms. The van der Waals surface area contributed by atoms with Crippen LogP contribution in [0.1, 0.15) is 20.8 Å².